The van der Waals surface area contributed by atoms with Crippen LogP contribution in [-0.4, -0.2) is 30.7 Å². The zero-order chi connectivity index (χ0) is 13.9. The molecule has 0 aromatic heterocycles. The van der Waals surface area contributed by atoms with Gasteiger partial charge in [-0.1, -0.05) is 20.8 Å². The predicted octanol–water partition coefficient (Wildman–Crippen LogP) is 2.08. The van der Waals surface area contributed by atoms with Crippen LogP contribution < -0.4 is 10.6 Å². The van der Waals surface area contributed by atoms with Crippen LogP contribution in [0.5, 0.6) is 0 Å². The molecule has 0 aromatic rings. The van der Waals surface area contributed by atoms with Gasteiger partial charge in [0.15, 0.2) is 0 Å². The molecule has 106 valence electrons. The van der Waals surface area contributed by atoms with Gasteiger partial charge in [0.1, 0.15) is 0 Å². The number of hydrogen-bond donors (Lipinski definition) is 2. The van der Waals surface area contributed by atoms with Crippen LogP contribution in [0, 0.1) is 11.8 Å². The zero-order valence-electron chi connectivity index (χ0n) is 11.0. The summed E-state index contributed by atoms with van der Waals surface area (Å²) in [6.45, 7) is 6.79. The number of carbonyl (C=O) groups is 1. The number of halogens is 3. The van der Waals surface area contributed by atoms with Crippen molar-refractivity contribution in [3.8, 4) is 0 Å². The van der Waals surface area contributed by atoms with Crippen molar-refractivity contribution >= 4 is 5.91 Å². The Morgan fingerprint density at radius 3 is 2.50 bits per heavy atom. The van der Waals surface area contributed by atoms with Gasteiger partial charge < -0.3 is 10.6 Å². The van der Waals surface area contributed by atoms with Crippen LogP contribution >= 0.6 is 0 Å². The Morgan fingerprint density at radius 2 is 2.06 bits per heavy atom. The average molecular weight is 266 g/mol. The topological polar surface area (TPSA) is 41.1 Å². The van der Waals surface area contributed by atoms with Crippen LogP contribution in [0.1, 0.15) is 33.6 Å². The van der Waals surface area contributed by atoms with E-state index in [4.69, 9.17) is 0 Å². The second kappa shape index (κ2) is 5.91. The number of hydrogen-bond acceptors (Lipinski definition) is 2. The SMILES string of the molecule is CCC1NCC(C(C)C)CC1NC(=O)C(F)(F)F. The van der Waals surface area contributed by atoms with Crippen molar-refractivity contribution in [1.82, 2.24) is 10.6 Å². The van der Waals surface area contributed by atoms with Crippen molar-refractivity contribution in [3.63, 3.8) is 0 Å². The molecule has 1 rings (SSSR count). The highest BCUT2D eigenvalue weighted by molar-refractivity contribution is 5.82. The highest BCUT2D eigenvalue weighted by Gasteiger charge is 2.42. The second-order valence-electron chi connectivity index (χ2n) is 5.24. The fourth-order valence-corrected chi connectivity index (χ4v) is 2.37. The summed E-state index contributed by atoms with van der Waals surface area (Å²) in [5, 5.41) is 5.34. The molecule has 18 heavy (non-hydrogen) atoms. The van der Waals surface area contributed by atoms with Crippen LogP contribution in [0.25, 0.3) is 0 Å². The molecule has 2 N–H and O–H groups in total. The third-order valence-corrected chi connectivity index (χ3v) is 3.64. The highest BCUT2D eigenvalue weighted by Crippen LogP contribution is 2.24. The van der Waals surface area contributed by atoms with Gasteiger partial charge in [0.25, 0.3) is 0 Å². The second-order valence-corrected chi connectivity index (χ2v) is 5.24. The van der Waals surface area contributed by atoms with Crippen LogP contribution in [0.2, 0.25) is 0 Å². The number of piperidine rings is 1. The Labute approximate surface area is 106 Å². The molecule has 0 spiro atoms. The molecule has 0 saturated carbocycles. The summed E-state index contributed by atoms with van der Waals surface area (Å²) in [6, 6.07) is -0.517. The molecule has 1 saturated heterocycles. The number of carbonyl (C=O) groups excluding carboxylic acids is 1. The molecule has 1 amide bonds. The summed E-state index contributed by atoms with van der Waals surface area (Å²) in [4.78, 5) is 11.0. The van der Waals surface area contributed by atoms with Crippen LogP contribution in [0.4, 0.5) is 13.2 Å². The van der Waals surface area contributed by atoms with Crippen molar-refractivity contribution in [3.05, 3.63) is 0 Å². The van der Waals surface area contributed by atoms with E-state index in [1.165, 1.54) is 0 Å². The average Bonchev–Trinajstić information content (AvgIpc) is 2.27. The maximum absolute atomic E-state index is 12.3. The third kappa shape index (κ3) is 3.86. The van der Waals surface area contributed by atoms with Crippen LogP contribution in [0.3, 0.4) is 0 Å². The van der Waals surface area contributed by atoms with Gasteiger partial charge in [-0.3, -0.25) is 4.79 Å². The van der Waals surface area contributed by atoms with Crippen molar-refractivity contribution in [2.45, 2.75) is 51.9 Å². The van der Waals surface area contributed by atoms with Gasteiger partial charge in [0, 0.05) is 12.1 Å². The molecule has 0 bridgehead atoms. The van der Waals surface area contributed by atoms with E-state index in [1.807, 2.05) is 20.8 Å². The summed E-state index contributed by atoms with van der Waals surface area (Å²) >= 11 is 0. The number of rotatable bonds is 3. The van der Waals surface area contributed by atoms with Gasteiger partial charge >= 0.3 is 12.1 Å². The smallest absolute Gasteiger partial charge is 0.344 e. The largest absolute Gasteiger partial charge is 0.471 e. The van der Waals surface area contributed by atoms with Gasteiger partial charge in [0.2, 0.25) is 0 Å². The maximum atomic E-state index is 12.3. The molecular formula is C12H21F3N2O. The van der Waals surface area contributed by atoms with Gasteiger partial charge in [-0.25, -0.2) is 0 Å². The third-order valence-electron chi connectivity index (χ3n) is 3.64. The van der Waals surface area contributed by atoms with E-state index in [0.717, 1.165) is 6.54 Å². The lowest BCUT2D eigenvalue weighted by atomic mass is 9.82. The molecule has 0 radical (unpaired) electrons. The van der Waals surface area contributed by atoms with E-state index in [0.29, 0.717) is 24.7 Å². The van der Waals surface area contributed by atoms with Crippen LogP contribution in [0.15, 0.2) is 0 Å². The quantitative estimate of drug-likeness (QED) is 0.821. The predicted molar refractivity (Wildman–Crippen MR) is 63.0 cm³/mol. The lowest BCUT2D eigenvalue weighted by molar-refractivity contribution is -0.174. The van der Waals surface area contributed by atoms with E-state index in [2.05, 4.69) is 10.6 Å². The first-order valence-corrected chi connectivity index (χ1v) is 6.36. The Hall–Kier alpha value is -0.780. The van der Waals surface area contributed by atoms with Gasteiger partial charge in [-0.2, -0.15) is 13.2 Å². The molecule has 3 nitrogen and oxygen atoms in total. The lowest BCUT2D eigenvalue weighted by Gasteiger charge is -2.38. The standard InChI is InChI=1S/C12H21F3N2O/c1-4-9-10(17-11(18)12(13,14)15)5-8(6-16-9)7(2)3/h7-10,16H,4-6H2,1-3H3,(H,17,18). The molecule has 1 heterocycles. The lowest BCUT2D eigenvalue weighted by Crippen LogP contribution is -2.58. The minimum Gasteiger partial charge on any atom is -0.344 e. The fourth-order valence-electron chi connectivity index (χ4n) is 2.37. The summed E-state index contributed by atoms with van der Waals surface area (Å²) in [5.41, 5.74) is 0. The minimum absolute atomic E-state index is 0.0775. The fraction of sp³-hybridized carbons (Fsp3) is 0.917. The summed E-state index contributed by atoms with van der Waals surface area (Å²) in [7, 11) is 0. The molecule has 3 unspecified atom stereocenters. The van der Waals surface area contributed by atoms with E-state index in [9.17, 15) is 18.0 Å². The van der Waals surface area contributed by atoms with Crippen LogP contribution in [-0.2, 0) is 4.79 Å². The first kappa shape index (κ1) is 15.3. The molecule has 1 aliphatic rings. The van der Waals surface area contributed by atoms with E-state index >= 15 is 0 Å². The number of nitrogens with one attached hydrogen (secondary N) is 2. The molecule has 3 atom stereocenters. The summed E-state index contributed by atoms with van der Waals surface area (Å²) < 4.78 is 36.8. The van der Waals surface area contributed by atoms with Crippen molar-refractivity contribution in [2.24, 2.45) is 11.8 Å². The number of alkyl halides is 3. The van der Waals surface area contributed by atoms with Crippen molar-refractivity contribution < 1.29 is 18.0 Å². The molecular weight excluding hydrogens is 245 g/mol. The molecule has 1 aliphatic heterocycles. The molecule has 0 aromatic carbocycles. The highest BCUT2D eigenvalue weighted by atomic mass is 19.4. The van der Waals surface area contributed by atoms with Gasteiger partial charge in [0.05, 0.1) is 0 Å². The first-order valence-electron chi connectivity index (χ1n) is 6.36. The summed E-state index contributed by atoms with van der Waals surface area (Å²) in [5.74, 6) is -1.15. The first-order chi connectivity index (χ1) is 8.25. The van der Waals surface area contributed by atoms with E-state index in [-0.39, 0.29) is 6.04 Å². The van der Waals surface area contributed by atoms with E-state index < -0.39 is 18.1 Å². The Kier molecular flexibility index (Phi) is 5.01. The Morgan fingerprint density at radius 1 is 1.44 bits per heavy atom. The monoisotopic (exact) mass is 266 g/mol. The van der Waals surface area contributed by atoms with Gasteiger partial charge in [-0.15, -0.1) is 0 Å². The molecule has 1 fully saturated rings. The van der Waals surface area contributed by atoms with Gasteiger partial charge in [-0.05, 0) is 31.2 Å². The van der Waals surface area contributed by atoms with Crippen molar-refractivity contribution in [1.29, 1.82) is 0 Å². The molecule has 0 aliphatic carbocycles. The Balaban J connectivity index is 2.66. The summed E-state index contributed by atoms with van der Waals surface area (Å²) in [6.07, 6.45) is -3.50. The minimum atomic E-state index is -4.80. The Bertz CT molecular complexity index is 292. The maximum Gasteiger partial charge on any atom is 0.471 e. The normalized spacial score (nSPS) is 29.4. The van der Waals surface area contributed by atoms with E-state index in [1.54, 1.807) is 0 Å². The molecule has 6 heteroatoms. The number of amides is 1. The zero-order valence-corrected chi connectivity index (χ0v) is 11.0. The van der Waals surface area contributed by atoms with Crippen molar-refractivity contribution in [2.75, 3.05) is 6.54 Å².